The molecule has 3 rings (SSSR count). The second kappa shape index (κ2) is 10.6. The second-order valence-electron chi connectivity index (χ2n) is 8.40. The summed E-state index contributed by atoms with van der Waals surface area (Å²) in [5, 5.41) is 2.98. The highest BCUT2D eigenvalue weighted by atomic mass is 16.5. The van der Waals surface area contributed by atoms with Crippen molar-refractivity contribution in [3.63, 3.8) is 0 Å². The Balaban J connectivity index is 1.41. The number of piperidine rings is 1. The van der Waals surface area contributed by atoms with E-state index in [1.807, 2.05) is 49.1 Å². The molecule has 0 radical (unpaired) electrons. The van der Waals surface area contributed by atoms with E-state index in [0.29, 0.717) is 45.6 Å². The molecule has 164 valence electrons. The number of carbonyl (C=O) groups excluding carboxylic acids is 3. The van der Waals surface area contributed by atoms with Crippen LogP contribution < -0.4 is 10.2 Å². The summed E-state index contributed by atoms with van der Waals surface area (Å²) in [5.74, 6) is -0.255. The van der Waals surface area contributed by atoms with Gasteiger partial charge in [-0.05, 0) is 45.2 Å². The number of benzene rings is 1. The molecular formula is C23H33N3O4. The van der Waals surface area contributed by atoms with E-state index in [1.54, 1.807) is 4.90 Å². The molecule has 2 fully saturated rings. The molecule has 30 heavy (non-hydrogen) atoms. The minimum absolute atomic E-state index is 0.00439. The van der Waals surface area contributed by atoms with E-state index in [4.69, 9.17) is 4.74 Å². The van der Waals surface area contributed by atoms with Crippen LogP contribution in [0.25, 0.3) is 0 Å². The molecule has 0 aliphatic carbocycles. The molecule has 2 aliphatic heterocycles. The highest BCUT2D eigenvalue weighted by Crippen LogP contribution is 2.27. The molecule has 2 saturated heterocycles. The second-order valence-corrected chi connectivity index (χ2v) is 8.40. The van der Waals surface area contributed by atoms with Crippen molar-refractivity contribution in [3.8, 4) is 0 Å². The summed E-state index contributed by atoms with van der Waals surface area (Å²) in [6.07, 6.45) is 2.60. The number of likely N-dealkylation sites (tertiary alicyclic amines) is 1. The van der Waals surface area contributed by atoms with Crippen LogP contribution in [0.3, 0.4) is 0 Å². The van der Waals surface area contributed by atoms with Crippen molar-refractivity contribution >= 4 is 23.4 Å². The van der Waals surface area contributed by atoms with E-state index in [1.165, 1.54) is 0 Å². The maximum Gasteiger partial charge on any atom is 0.228 e. The normalized spacial score (nSPS) is 20.1. The molecule has 7 nitrogen and oxygen atoms in total. The van der Waals surface area contributed by atoms with E-state index in [-0.39, 0.29) is 42.1 Å². The first-order valence-corrected chi connectivity index (χ1v) is 11.0. The van der Waals surface area contributed by atoms with Gasteiger partial charge in [0, 0.05) is 50.8 Å². The van der Waals surface area contributed by atoms with Gasteiger partial charge in [-0.1, -0.05) is 18.2 Å². The van der Waals surface area contributed by atoms with Crippen LogP contribution in [0, 0.1) is 11.8 Å². The molecule has 3 amide bonds. The summed E-state index contributed by atoms with van der Waals surface area (Å²) in [6, 6.07) is 9.48. The fourth-order valence-corrected chi connectivity index (χ4v) is 4.10. The minimum Gasteiger partial charge on any atom is -0.379 e. The Labute approximate surface area is 178 Å². The molecule has 0 spiro atoms. The predicted molar refractivity (Wildman–Crippen MR) is 115 cm³/mol. The Morgan fingerprint density at radius 1 is 1.13 bits per heavy atom. The van der Waals surface area contributed by atoms with Crippen molar-refractivity contribution in [1.29, 1.82) is 0 Å². The molecule has 0 bridgehead atoms. The number of rotatable bonds is 8. The van der Waals surface area contributed by atoms with Gasteiger partial charge < -0.3 is 19.9 Å². The fraction of sp³-hybridized carbons (Fsp3) is 0.609. The number of para-hydroxylation sites is 1. The lowest BCUT2D eigenvalue weighted by Crippen LogP contribution is -2.45. The third-order valence-electron chi connectivity index (χ3n) is 5.79. The Kier molecular flexibility index (Phi) is 7.85. The van der Waals surface area contributed by atoms with Gasteiger partial charge in [0.1, 0.15) is 0 Å². The topological polar surface area (TPSA) is 79.0 Å². The number of nitrogens with zero attached hydrogens (tertiary/aromatic N) is 2. The monoisotopic (exact) mass is 415 g/mol. The molecule has 0 aromatic heterocycles. The van der Waals surface area contributed by atoms with E-state index in [2.05, 4.69) is 5.32 Å². The highest BCUT2D eigenvalue weighted by Gasteiger charge is 2.38. The maximum atomic E-state index is 12.9. The van der Waals surface area contributed by atoms with Gasteiger partial charge in [-0.2, -0.15) is 0 Å². The summed E-state index contributed by atoms with van der Waals surface area (Å²) in [4.78, 5) is 41.2. The minimum atomic E-state index is -0.302. The van der Waals surface area contributed by atoms with Crippen LogP contribution in [0.5, 0.6) is 0 Å². The van der Waals surface area contributed by atoms with Crippen molar-refractivity contribution in [3.05, 3.63) is 30.3 Å². The SMILES string of the molecule is CC(C)OCCCNC(=O)C1CCN(C(=O)C2CC(=O)N(c3ccccc3)C2)CC1. The number of amides is 3. The first kappa shape index (κ1) is 22.3. The summed E-state index contributed by atoms with van der Waals surface area (Å²) in [5.41, 5.74) is 0.840. The molecule has 0 saturated carbocycles. The van der Waals surface area contributed by atoms with E-state index < -0.39 is 0 Å². The lowest BCUT2D eigenvalue weighted by Gasteiger charge is -2.33. The van der Waals surface area contributed by atoms with Crippen LogP contribution in [0.2, 0.25) is 0 Å². The van der Waals surface area contributed by atoms with Crippen LogP contribution in [0.4, 0.5) is 5.69 Å². The van der Waals surface area contributed by atoms with Crippen molar-refractivity contribution in [2.75, 3.05) is 37.7 Å². The molecule has 1 N–H and O–H groups in total. The zero-order valence-corrected chi connectivity index (χ0v) is 18.0. The Morgan fingerprint density at radius 2 is 1.83 bits per heavy atom. The molecular weight excluding hydrogens is 382 g/mol. The van der Waals surface area contributed by atoms with Crippen molar-refractivity contribution in [2.45, 2.75) is 45.6 Å². The zero-order chi connectivity index (χ0) is 21.5. The standard InChI is InChI=1S/C23H33N3O4/c1-17(2)30-14-6-11-24-22(28)18-9-12-25(13-10-18)23(29)19-15-21(27)26(16-19)20-7-4-3-5-8-20/h3-5,7-8,17-19H,6,9-16H2,1-2H3,(H,24,28). The molecule has 2 heterocycles. The first-order valence-electron chi connectivity index (χ1n) is 11.0. The average Bonchev–Trinajstić information content (AvgIpc) is 3.15. The van der Waals surface area contributed by atoms with Gasteiger partial charge in [0.15, 0.2) is 0 Å². The highest BCUT2D eigenvalue weighted by molar-refractivity contribution is 6.00. The lowest BCUT2D eigenvalue weighted by molar-refractivity contribution is -0.139. The molecule has 1 unspecified atom stereocenters. The number of hydrogen-bond donors (Lipinski definition) is 1. The van der Waals surface area contributed by atoms with Gasteiger partial charge in [0.25, 0.3) is 0 Å². The van der Waals surface area contributed by atoms with Crippen molar-refractivity contribution in [2.24, 2.45) is 11.8 Å². The first-order chi connectivity index (χ1) is 14.5. The lowest BCUT2D eigenvalue weighted by atomic mass is 9.94. The summed E-state index contributed by atoms with van der Waals surface area (Å²) < 4.78 is 5.48. The Morgan fingerprint density at radius 3 is 2.50 bits per heavy atom. The van der Waals surface area contributed by atoms with E-state index in [0.717, 1.165) is 12.1 Å². The molecule has 1 atom stereocenters. The van der Waals surface area contributed by atoms with Crippen molar-refractivity contribution in [1.82, 2.24) is 10.2 Å². The van der Waals surface area contributed by atoms with Gasteiger partial charge in [0.05, 0.1) is 12.0 Å². The van der Waals surface area contributed by atoms with Gasteiger partial charge in [0.2, 0.25) is 17.7 Å². The summed E-state index contributed by atoms with van der Waals surface area (Å²) in [7, 11) is 0. The van der Waals surface area contributed by atoms with Crippen LogP contribution in [0.1, 0.15) is 39.5 Å². The number of ether oxygens (including phenoxy) is 1. The number of anilines is 1. The average molecular weight is 416 g/mol. The maximum absolute atomic E-state index is 12.9. The summed E-state index contributed by atoms with van der Waals surface area (Å²) >= 11 is 0. The van der Waals surface area contributed by atoms with Gasteiger partial charge in [-0.3, -0.25) is 14.4 Å². The molecule has 1 aromatic rings. The van der Waals surface area contributed by atoms with E-state index >= 15 is 0 Å². The van der Waals surface area contributed by atoms with Crippen molar-refractivity contribution < 1.29 is 19.1 Å². The fourth-order valence-electron chi connectivity index (χ4n) is 4.10. The van der Waals surface area contributed by atoms with Crippen LogP contribution in [-0.4, -0.2) is 61.5 Å². The van der Waals surface area contributed by atoms with Gasteiger partial charge in [-0.15, -0.1) is 0 Å². The largest absolute Gasteiger partial charge is 0.379 e. The van der Waals surface area contributed by atoms with Gasteiger partial charge >= 0.3 is 0 Å². The molecule has 7 heteroatoms. The zero-order valence-electron chi connectivity index (χ0n) is 18.0. The number of hydrogen-bond acceptors (Lipinski definition) is 4. The van der Waals surface area contributed by atoms with Crippen LogP contribution in [-0.2, 0) is 19.1 Å². The smallest absolute Gasteiger partial charge is 0.228 e. The van der Waals surface area contributed by atoms with Crippen LogP contribution >= 0.6 is 0 Å². The molecule has 2 aliphatic rings. The third-order valence-corrected chi connectivity index (χ3v) is 5.79. The number of carbonyl (C=O) groups is 3. The van der Waals surface area contributed by atoms with Crippen LogP contribution in [0.15, 0.2) is 30.3 Å². The number of nitrogens with one attached hydrogen (secondary N) is 1. The quantitative estimate of drug-likeness (QED) is 0.661. The Bertz CT molecular complexity index is 729. The van der Waals surface area contributed by atoms with E-state index in [9.17, 15) is 14.4 Å². The van der Waals surface area contributed by atoms with Gasteiger partial charge in [-0.25, -0.2) is 0 Å². The third kappa shape index (κ3) is 5.81. The predicted octanol–water partition coefficient (Wildman–Crippen LogP) is 2.21. The summed E-state index contributed by atoms with van der Waals surface area (Å²) in [6.45, 7) is 6.82. The Hall–Kier alpha value is -2.41. The molecule has 1 aromatic carbocycles.